The number of carbonyl (C=O) groups excluding carboxylic acids is 4. The van der Waals surface area contributed by atoms with Crippen LogP contribution in [0.15, 0.2) is 0 Å². The van der Waals surface area contributed by atoms with Gasteiger partial charge < -0.3 is 37.6 Å². The van der Waals surface area contributed by atoms with Gasteiger partial charge in [0.05, 0.1) is 13.1 Å². The molecule has 0 aliphatic carbocycles. The number of primary amides is 1. The van der Waals surface area contributed by atoms with Gasteiger partial charge in [0.1, 0.15) is 12.1 Å². The fourth-order valence-corrected chi connectivity index (χ4v) is 1.87. The van der Waals surface area contributed by atoms with Gasteiger partial charge in [-0.2, -0.15) is 0 Å². The minimum atomic E-state index is -1.44. The summed E-state index contributed by atoms with van der Waals surface area (Å²) in [4.78, 5) is 67.5. The number of amides is 4. The average Bonchev–Trinajstić information content (AvgIpc) is 2.58. The zero-order valence-corrected chi connectivity index (χ0v) is 14.4. The van der Waals surface area contributed by atoms with Gasteiger partial charge >= 0.3 is 11.9 Å². The van der Waals surface area contributed by atoms with E-state index in [2.05, 4.69) is 16.0 Å². The van der Waals surface area contributed by atoms with Gasteiger partial charge in [-0.25, -0.2) is 4.79 Å². The number of hydrogen-bond donors (Lipinski definition) is 7. The highest BCUT2D eigenvalue weighted by Crippen LogP contribution is 1.99. The molecule has 0 aromatic heterocycles. The Labute approximate surface area is 153 Å². The van der Waals surface area contributed by atoms with Crippen molar-refractivity contribution in [3.63, 3.8) is 0 Å². The molecule has 0 fully saturated rings. The van der Waals surface area contributed by atoms with Gasteiger partial charge in [0.15, 0.2) is 0 Å². The summed E-state index contributed by atoms with van der Waals surface area (Å²) < 4.78 is 0. The molecule has 0 rings (SSSR count). The Morgan fingerprint density at radius 2 is 1.41 bits per heavy atom. The second-order valence-electron chi connectivity index (χ2n) is 5.44. The van der Waals surface area contributed by atoms with Gasteiger partial charge in [0.2, 0.25) is 23.6 Å². The van der Waals surface area contributed by atoms with Crippen LogP contribution in [-0.4, -0.2) is 71.0 Å². The number of carbonyl (C=O) groups is 6. The lowest BCUT2D eigenvalue weighted by atomic mass is 10.1. The van der Waals surface area contributed by atoms with E-state index in [1.54, 1.807) is 0 Å². The third-order valence-electron chi connectivity index (χ3n) is 3.22. The van der Waals surface area contributed by atoms with Crippen molar-refractivity contribution in [1.82, 2.24) is 16.0 Å². The van der Waals surface area contributed by atoms with Gasteiger partial charge in [-0.1, -0.05) is 0 Å². The summed E-state index contributed by atoms with van der Waals surface area (Å²) in [5.41, 5.74) is 10.1. The highest BCUT2D eigenvalue weighted by atomic mass is 16.4. The molecule has 4 amide bonds. The van der Waals surface area contributed by atoms with Crippen LogP contribution in [0.3, 0.4) is 0 Å². The van der Waals surface area contributed by atoms with Crippen LogP contribution in [0.25, 0.3) is 0 Å². The Bertz CT molecular complexity index is 594. The summed E-state index contributed by atoms with van der Waals surface area (Å²) >= 11 is 0. The normalized spacial score (nSPS) is 12.3. The monoisotopic (exact) mass is 389 g/mol. The van der Waals surface area contributed by atoms with Crippen molar-refractivity contribution in [3.05, 3.63) is 0 Å². The molecule has 13 heteroatoms. The summed E-state index contributed by atoms with van der Waals surface area (Å²) in [6.45, 7) is -1.02. The first-order chi connectivity index (χ1) is 12.6. The molecule has 152 valence electrons. The molecule has 0 aliphatic rings. The largest absolute Gasteiger partial charge is 0.481 e. The van der Waals surface area contributed by atoms with E-state index in [0.717, 1.165) is 0 Å². The fourth-order valence-electron chi connectivity index (χ4n) is 1.87. The molecule has 2 atom stereocenters. The molecule has 27 heavy (non-hydrogen) atoms. The third kappa shape index (κ3) is 11.1. The minimum Gasteiger partial charge on any atom is -0.481 e. The Morgan fingerprint density at radius 1 is 0.852 bits per heavy atom. The van der Waals surface area contributed by atoms with E-state index in [0.29, 0.717) is 0 Å². The second kappa shape index (κ2) is 12.2. The van der Waals surface area contributed by atoms with E-state index in [-0.39, 0.29) is 19.3 Å². The summed E-state index contributed by atoms with van der Waals surface area (Å²) in [7, 11) is 0. The summed E-state index contributed by atoms with van der Waals surface area (Å²) in [6.07, 6.45) is -1.13. The standard InChI is InChI=1S/C14H23N5O8/c15-5-10(21)18-7(1-3-9(16)20)13(25)17-6-11(22)19-8(14(26)27)2-4-12(23)24/h7-8H,1-6,15H2,(H2,16,20)(H,17,25)(H,18,21)(H,19,22)(H,23,24)(H,26,27). The highest BCUT2D eigenvalue weighted by Gasteiger charge is 2.24. The maximum Gasteiger partial charge on any atom is 0.326 e. The van der Waals surface area contributed by atoms with Crippen molar-refractivity contribution in [2.24, 2.45) is 11.5 Å². The van der Waals surface area contributed by atoms with Crippen LogP contribution in [0.1, 0.15) is 25.7 Å². The number of aliphatic carboxylic acids is 2. The maximum absolute atomic E-state index is 12.1. The van der Waals surface area contributed by atoms with Gasteiger partial charge in [-0.05, 0) is 12.8 Å². The number of nitrogens with one attached hydrogen (secondary N) is 3. The molecule has 13 nitrogen and oxygen atoms in total. The quantitative estimate of drug-likeness (QED) is 0.164. The van der Waals surface area contributed by atoms with E-state index >= 15 is 0 Å². The molecule has 0 heterocycles. The first-order valence-corrected chi connectivity index (χ1v) is 7.86. The third-order valence-corrected chi connectivity index (χ3v) is 3.22. The molecular formula is C14H23N5O8. The fraction of sp³-hybridized carbons (Fsp3) is 0.571. The lowest BCUT2D eigenvalue weighted by Crippen LogP contribution is -2.51. The molecular weight excluding hydrogens is 366 g/mol. The molecule has 0 radical (unpaired) electrons. The van der Waals surface area contributed by atoms with Gasteiger partial charge in [0.25, 0.3) is 0 Å². The van der Waals surface area contributed by atoms with Crippen LogP contribution in [0.5, 0.6) is 0 Å². The van der Waals surface area contributed by atoms with Crippen molar-refractivity contribution in [2.75, 3.05) is 13.1 Å². The average molecular weight is 389 g/mol. The van der Waals surface area contributed by atoms with E-state index < -0.39 is 67.2 Å². The number of nitrogens with two attached hydrogens (primary N) is 2. The first-order valence-electron chi connectivity index (χ1n) is 7.86. The predicted molar refractivity (Wildman–Crippen MR) is 88.9 cm³/mol. The lowest BCUT2D eigenvalue weighted by Gasteiger charge is -2.18. The smallest absolute Gasteiger partial charge is 0.326 e. The van der Waals surface area contributed by atoms with Crippen LogP contribution >= 0.6 is 0 Å². The Hall–Kier alpha value is -3.22. The van der Waals surface area contributed by atoms with Crippen molar-refractivity contribution < 1.29 is 39.0 Å². The number of carboxylic acids is 2. The molecule has 0 saturated heterocycles. The van der Waals surface area contributed by atoms with Crippen LogP contribution in [0, 0.1) is 0 Å². The van der Waals surface area contributed by atoms with Crippen LogP contribution in [0.4, 0.5) is 0 Å². The van der Waals surface area contributed by atoms with Gasteiger partial charge in [-0.15, -0.1) is 0 Å². The SMILES string of the molecule is NCC(=O)NC(CCC(N)=O)C(=O)NCC(=O)NC(CCC(=O)O)C(=O)O. The van der Waals surface area contributed by atoms with E-state index in [4.69, 9.17) is 21.7 Å². The molecule has 0 aromatic rings. The van der Waals surface area contributed by atoms with E-state index in [1.807, 2.05) is 0 Å². The zero-order chi connectivity index (χ0) is 21.0. The van der Waals surface area contributed by atoms with Crippen molar-refractivity contribution in [3.8, 4) is 0 Å². The molecule has 0 saturated carbocycles. The Morgan fingerprint density at radius 3 is 1.89 bits per heavy atom. The van der Waals surface area contributed by atoms with Gasteiger partial charge in [-0.3, -0.25) is 24.0 Å². The maximum atomic E-state index is 12.1. The second-order valence-corrected chi connectivity index (χ2v) is 5.44. The van der Waals surface area contributed by atoms with Gasteiger partial charge in [0, 0.05) is 12.8 Å². The van der Waals surface area contributed by atoms with E-state index in [1.165, 1.54) is 0 Å². The summed E-state index contributed by atoms with van der Waals surface area (Å²) in [5, 5.41) is 24.0. The topological polar surface area (TPSA) is 231 Å². The van der Waals surface area contributed by atoms with Crippen LogP contribution in [-0.2, 0) is 28.8 Å². The molecule has 9 N–H and O–H groups in total. The lowest BCUT2D eigenvalue weighted by molar-refractivity contribution is -0.143. The molecule has 2 unspecified atom stereocenters. The van der Waals surface area contributed by atoms with Crippen LogP contribution in [0.2, 0.25) is 0 Å². The molecule has 0 aromatic carbocycles. The predicted octanol–water partition coefficient (Wildman–Crippen LogP) is -3.75. The van der Waals surface area contributed by atoms with Crippen molar-refractivity contribution >= 4 is 35.6 Å². The number of hydrogen-bond acceptors (Lipinski definition) is 7. The molecule has 0 bridgehead atoms. The summed E-state index contributed by atoms with van der Waals surface area (Å²) in [5.74, 6) is -5.69. The zero-order valence-electron chi connectivity index (χ0n) is 14.4. The number of carboxylic acid groups (broad SMARTS) is 2. The summed E-state index contributed by atoms with van der Waals surface area (Å²) in [6, 6.07) is -2.60. The molecule has 0 aliphatic heterocycles. The van der Waals surface area contributed by atoms with Crippen LogP contribution < -0.4 is 27.4 Å². The minimum absolute atomic E-state index is 0.120. The molecule has 0 spiro atoms. The first kappa shape index (κ1) is 23.8. The van der Waals surface area contributed by atoms with E-state index in [9.17, 15) is 28.8 Å². The van der Waals surface area contributed by atoms with Crippen molar-refractivity contribution in [1.29, 1.82) is 0 Å². The van der Waals surface area contributed by atoms with Crippen molar-refractivity contribution in [2.45, 2.75) is 37.8 Å². The Balaban J connectivity index is 4.67. The highest BCUT2D eigenvalue weighted by molar-refractivity contribution is 5.92. The number of rotatable bonds is 13. The Kier molecular flexibility index (Phi) is 10.7.